The van der Waals surface area contributed by atoms with Crippen molar-refractivity contribution in [3.05, 3.63) is 65.2 Å². The highest BCUT2D eigenvalue weighted by molar-refractivity contribution is 7.84. The molecule has 3 unspecified atom stereocenters. The van der Waals surface area contributed by atoms with Gasteiger partial charge in [0.15, 0.2) is 0 Å². The molecular formula is C28H35NO5S. The Morgan fingerprint density at radius 3 is 2.60 bits per heavy atom. The van der Waals surface area contributed by atoms with Gasteiger partial charge in [-0.25, -0.2) is 8.49 Å². The molecule has 0 saturated heterocycles. The van der Waals surface area contributed by atoms with Crippen molar-refractivity contribution in [1.29, 1.82) is 0 Å². The molecule has 0 aromatic heterocycles. The number of fused-ring (bicyclic) bond motifs is 5. The molecule has 0 heterocycles. The third kappa shape index (κ3) is 4.49. The summed E-state index contributed by atoms with van der Waals surface area (Å²) < 4.78 is 37.7. The zero-order valence-electron chi connectivity index (χ0n) is 20.8. The number of rotatable bonds is 6. The number of carbonyl (C=O) groups excluding carboxylic acids is 1. The number of hydrogen-bond donors (Lipinski definition) is 0. The van der Waals surface area contributed by atoms with E-state index >= 15 is 0 Å². The molecule has 5 atom stereocenters. The summed E-state index contributed by atoms with van der Waals surface area (Å²) in [6.07, 6.45) is 5.38. The van der Waals surface area contributed by atoms with E-state index < -0.39 is 16.2 Å². The van der Waals surface area contributed by atoms with Crippen LogP contribution in [0, 0.1) is 17.3 Å². The van der Waals surface area contributed by atoms with Crippen LogP contribution in [0.25, 0.3) is 0 Å². The van der Waals surface area contributed by atoms with E-state index in [0.717, 1.165) is 43.4 Å². The van der Waals surface area contributed by atoms with Crippen LogP contribution >= 0.6 is 0 Å². The second kappa shape index (κ2) is 9.25. The van der Waals surface area contributed by atoms with Crippen molar-refractivity contribution in [2.24, 2.45) is 17.3 Å². The largest absolute Gasteiger partial charge is 0.489 e. The van der Waals surface area contributed by atoms with Crippen molar-refractivity contribution in [1.82, 2.24) is 4.31 Å². The Hall–Kier alpha value is -2.38. The van der Waals surface area contributed by atoms with E-state index in [4.69, 9.17) is 8.92 Å². The van der Waals surface area contributed by atoms with Crippen LogP contribution in [0.1, 0.15) is 68.6 Å². The maximum atomic E-state index is 12.6. The number of ether oxygens (including phenoxy) is 1. The fourth-order valence-corrected chi connectivity index (χ4v) is 7.92. The van der Waals surface area contributed by atoms with Crippen LogP contribution in [0.2, 0.25) is 0 Å². The second-order valence-corrected chi connectivity index (χ2v) is 12.3. The maximum absolute atomic E-state index is 12.6. The van der Waals surface area contributed by atoms with Crippen molar-refractivity contribution >= 4 is 16.2 Å². The third-order valence-electron chi connectivity index (χ3n) is 8.88. The lowest BCUT2D eigenvalue weighted by Gasteiger charge is -2.50. The SMILES string of the molecule is CC(=O)N(C)S(=O)(=O)O[C@H]1CCC2C3CCc4cc(OCc5ccccc5)ccc4C3CC[C@@]21C. The van der Waals surface area contributed by atoms with Crippen LogP contribution in [0.5, 0.6) is 5.75 Å². The van der Waals surface area contributed by atoms with Crippen molar-refractivity contribution < 1.29 is 22.1 Å². The average molecular weight is 498 g/mol. The molecule has 3 aliphatic carbocycles. The molecule has 0 N–H and O–H groups in total. The van der Waals surface area contributed by atoms with E-state index in [1.165, 1.54) is 25.1 Å². The highest BCUT2D eigenvalue weighted by Crippen LogP contribution is 2.61. The first-order chi connectivity index (χ1) is 16.7. The van der Waals surface area contributed by atoms with E-state index in [2.05, 4.69) is 37.3 Å². The van der Waals surface area contributed by atoms with Gasteiger partial charge < -0.3 is 4.74 Å². The summed E-state index contributed by atoms with van der Waals surface area (Å²) in [7, 11) is -2.81. The van der Waals surface area contributed by atoms with Crippen LogP contribution in [-0.4, -0.2) is 31.8 Å². The van der Waals surface area contributed by atoms with Gasteiger partial charge in [0.1, 0.15) is 12.4 Å². The molecule has 0 bridgehead atoms. The Morgan fingerprint density at radius 2 is 1.86 bits per heavy atom. The zero-order valence-corrected chi connectivity index (χ0v) is 21.6. The van der Waals surface area contributed by atoms with Gasteiger partial charge in [-0.1, -0.05) is 43.3 Å². The molecule has 188 valence electrons. The van der Waals surface area contributed by atoms with Gasteiger partial charge in [-0.3, -0.25) is 4.79 Å². The molecule has 0 radical (unpaired) electrons. The Bertz CT molecular complexity index is 1200. The van der Waals surface area contributed by atoms with Crippen molar-refractivity contribution in [3.63, 3.8) is 0 Å². The molecular weight excluding hydrogens is 462 g/mol. The minimum Gasteiger partial charge on any atom is -0.489 e. The quantitative estimate of drug-likeness (QED) is 0.546. The molecule has 1 amide bonds. The molecule has 0 spiro atoms. The van der Waals surface area contributed by atoms with Crippen LogP contribution in [0.3, 0.4) is 0 Å². The third-order valence-corrected chi connectivity index (χ3v) is 10.3. The second-order valence-electron chi connectivity index (χ2n) is 10.7. The van der Waals surface area contributed by atoms with Gasteiger partial charge in [-0.15, -0.1) is 0 Å². The number of carbonyl (C=O) groups is 1. The summed E-state index contributed by atoms with van der Waals surface area (Å²) in [5.74, 6) is 1.82. The average Bonchev–Trinajstić information content (AvgIpc) is 3.18. The van der Waals surface area contributed by atoms with Crippen molar-refractivity contribution in [2.75, 3.05) is 7.05 Å². The fourth-order valence-electron chi connectivity index (χ4n) is 6.87. The zero-order chi connectivity index (χ0) is 24.8. The number of nitrogens with zero attached hydrogens (tertiary/aromatic N) is 1. The summed E-state index contributed by atoms with van der Waals surface area (Å²) in [4.78, 5) is 11.6. The molecule has 2 aromatic rings. The van der Waals surface area contributed by atoms with Gasteiger partial charge in [0.2, 0.25) is 5.91 Å². The maximum Gasteiger partial charge on any atom is 0.364 e. The van der Waals surface area contributed by atoms with E-state index in [1.54, 1.807) is 0 Å². The first-order valence-corrected chi connectivity index (χ1v) is 14.0. The molecule has 2 saturated carbocycles. The molecule has 5 rings (SSSR count). The van der Waals surface area contributed by atoms with Gasteiger partial charge in [-0.2, -0.15) is 8.42 Å². The Labute approximate surface area is 208 Å². The van der Waals surface area contributed by atoms with E-state index in [0.29, 0.717) is 35.1 Å². The predicted octanol–water partition coefficient (Wildman–Crippen LogP) is 5.23. The Morgan fingerprint density at radius 1 is 1.09 bits per heavy atom. The summed E-state index contributed by atoms with van der Waals surface area (Å²) in [5.41, 5.74) is 3.79. The highest BCUT2D eigenvalue weighted by atomic mass is 32.2. The van der Waals surface area contributed by atoms with Gasteiger partial charge in [0.25, 0.3) is 0 Å². The number of amides is 1. The number of benzene rings is 2. The molecule has 2 fully saturated rings. The molecule has 7 heteroatoms. The first kappa shape index (κ1) is 24.3. The van der Waals surface area contributed by atoms with Crippen LogP contribution < -0.4 is 4.74 Å². The van der Waals surface area contributed by atoms with E-state index in [1.807, 2.05) is 18.2 Å². The van der Waals surface area contributed by atoms with Gasteiger partial charge in [0, 0.05) is 14.0 Å². The summed E-state index contributed by atoms with van der Waals surface area (Å²) in [5, 5.41) is 0. The van der Waals surface area contributed by atoms with Crippen molar-refractivity contribution in [2.45, 2.75) is 71.0 Å². The smallest absolute Gasteiger partial charge is 0.364 e. The van der Waals surface area contributed by atoms with Gasteiger partial charge in [0.05, 0.1) is 6.10 Å². The standard InChI is InChI=1S/C28H35NO5S/c1-19(30)29(3)35(31,32)34-27-14-13-26-25-11-9-21-17-22(33-18-20-7-5-4-6-8-20)10-12-23(21)24(25)15-16-28(26,27)2/h4-8,10,12,17,24-27H,9,11,13-16,18H2,1-3H3/t24?,25?,26?,27-,28-/m0/s1. The minimum atomic E-state index is -4.07. The lowest BCUT2D eigenvalue weighted by atomic mass is 9.55. The molecule has 35 heavy (non-hydrogen) atoms. The first-order valence-electron chi connectivity index (χ1n) is 12.7. The topological polar surface area (TPSA) is 72.9 Å². The normalized spacial score (nSPS) is 29.6. The lowest BCUT2D eigenvalue weighted by Crippen LogP contribution is -2.46. The Balaban J connectivity index is 1.30. The molecule has 6 nitrogen and oxygen atoms in total. The molecule has 2 aromatic carbocycles. The molecule has 3 aliphatic rings. The Kier molecular flexibility index (Phi) is 6.43. The summed E-state index contributed by atoms with van der Waals surface area (Å²) in [6, 6.07) is 16.8. The number of hydrogen-bond acceptors (Lipinski definition) is 5. The number of aryl methyl sites for hydroxylation is 1. The van der Waals surface area contributed by atoms with Crippen LogP contribution in [-0.2, 0) is 32.3 Å². The van der Waals surface area contributed by atoms with Crippen molar-refractivity contribution in [3.8, 4) is 5.75 Å². The van der Waals surface area contributed by atoms with E-state index in [9.17, 15) is 13.2 Å². The van der Waals surface area contributed by atoms with Gasteiger partial charge in [-0.05, 0) is 90.5 Å². The van der Waals surface area contributed by atoms with Crippen LogP contribution in [0.15, 0.2) is 48.5 Å². The summed E-state index contributed by atoms with van der Waals surface area (Å²) >= 11 is 0. The minimum absolute atomic E-state index is 0.192. The van der Waals surface area contributed by atoms with Gasteiger partial charge >= 0.3 is 10.3 Å². The fraction of sp³-hybridized carbons (Fsp3) is 0.536. The highest BCUT2D eigenvalue weighted by Gasteiger charge is 2.56. The van der Waals surface area contributed by atoms with Crippen LogP contribution in [0.4, 0.5) is 0 Å². The van der Waals surface area contributed by atoms with E-state index in [-0.39, 0.29) is 11.5 Å². The molecule has 0 aliphatic heterocycles. The summed E-state index contributed by atoms with van der Waals surface area (Å²) in [6.45, 7) is 4.00. The lowest BCUT2D eigenvalue weighted by molar-refractivity contribution is -0.124. The predicted molar refractivity (Wildman–Crippen MR) is 134 cm³/mol. The monoisotopic (exact) mass is 497 g/mol.